The van der Waals surface area contributed by atoms with E-state index in [1.165, 1.54) is 19.6 Å². The summed E-state index contributed by atoms with van der Waals surface area (Å²) in [6.45, 7) is 12.7. The van der Waals surface area contributed by atoms with E-state index in [0.29, 0.717) is 37.5 Å². The first-order valence-corrected chi connectivity index (χ1v) is 20.0. The number of aliphatic hydroxyl groups excluding tert-OH is 1. The fourth-order valence-electron chi connectivity index (χ4n) is 6.29. The van der Waals surface area contributed by atoms with Crippen LogP contribution in [-0.4, -0.2) is 132 Å². The summed E-state index contributed by atoms with van der Waals surface area (Å²) in [6, 6.07) is 8.39. The molecule has 1 aliphatic rings. The quantitative estimate of drug-likeness (QED) is 0.165. The van der Waals surface area contributed by atoms with Crippen LogP contribution in [0, 0.1) is 12.8 Å². The highest BCUT2D eigenvalue weighted by molar-refractivity contribution is 7.13. The number of carbonyl (C=O) groups excluding carboxylic acids is 4. The Morgan fingerprint density at radius 1 is 1.04 bits per heavy atom. The van der Waals surface area contributed by atoms with E-state index in [0.717, 1.165) is 16.1 Å². The van der Waals surface area contributed by atoms with Gasteiger partial charge in [-0.25, -0.2) is 9.78 Å². The number of aromatic nitrogens is 2. The summed E-state index contributed by atoms with van der Waals surface area (Å²) in [7, 11) is 5.02. The zero-order valence-electron chi connectivity index (χ0n) is 34.1. The van der Waals surface area contributed by atoms with Crippen molar-refractivity contribution in [3.8, 4) is 16.3 Å². The van der Waals surface area contributed by atoms with Crippen molar-refractivity contribution < 1.29 is 43.0 Å². The standard InChI is InChI=1S/C40H58N6O9S/c1-26(2)35(38(50)46-24-30(47)22-31(46)37(49)44(9)29-14-12-28(13-15-29)36-27(3)41-25-56-36)32-23-33(42-55-32)53-20-11-10-19-52-21-18-45(17-16-34(48)43(7)8)39(51)54-40(4,5)6/h12-15,23,25-26,30-31,35,47H,10-11,16-22,24H2,1-9H3/t30?,31-,35?/m0/s1. The van der Waals surface area contributed by atoms with E-state index in [2.05, 4.69) is 10.1 Å². The molecular formula is C40H58N6O9S. The number of hydrogen-bond acceptors (Lipinski definition) is 12. The second-order valence-corrected chi connectivity index (χ2v) is 16.4. The molecule has 0 saturated carbocycles. The normalized spacial score (nSPS) is 16.2. The van der Waals surface area contributed by atoms with Crippen molar-refractivity contribution in [3.63, 3.8) is 0 Å². The maximum absolute atomic E-state index is 14.1. The van der Waals surface area contributed by atoms with Crippen LogP contribution in [0.5, 0.6) is 5.88 Å². The van der Waals surface area contributed by atoms with Crippen LogP contribution in [-0.2, 0) is 23.9 Å². The van der Waals surface area contributed by atoms with Gasteiger partial charge in [-0.1, -0.05) is 26.0 Å². The van der Waals surface area contributed by atoms with Crippen LogP contribution in [0.1, 0.15) is 77.7 Å². The fourth-order valence-corrected chi connectivity index (χ4v) is 7.10. The highest BCUT2D eigenvalue weighted by atomic mass is 32.1. The van der Waals surface area contributed by atoms with Crippen LogP contribution >= 0.6 is 11.3 Å². The first-order valence-electron chi connectivity index (χ1n) is 19.1. The summed E-state index contributed by atoms with van der Waals surface area (Å²) in [5.41, 5.74) is 3.77. The minimum Gasteiger partial charge on any atom is -0.476 e. The zero-order valence-corrected chi connectivity index (χ0v) is 35.0. The number of rotatable bonds is 18. The topological polar surface area (TPSA) is 168 Å². The zero-order chi connectivity index (χ0) is 41.2. The Morgan fingerprint density at radius 2 is 1.73 bits per heavy atom. The highest BCUT2D eigenvalue weighted by Gasteiger charge is 2.44. The number of thiazole rings is 1. The Labute approximate surface area is 333 Å². The van der Waals surface area contributed by atoms with Crippen LogP contribution in [0.2, 0.25) is 0 Å². The number of hydrogen-bond donors (Lipinski definition) is 1. The Hall–Kier alpha value is -4.54. The van der Waals surface area contributed by atoms with Gasteiger partial charge in [-0.2, -0.15) is 0 Å². The second kappa shape index (κ2) is 20.1. The van der Waals surface area contributed by atoms with E-state index >= 15 is 0 Å². The molecule has 0 spiro atoms. The minimum atomic E-state index is -0.847. The number of carbonyl (C=O) groups is 4. The van der Waals surface area contributed by atoms with Gasteiger partial charge in [-0.3, -0.25) is 14.4 Å². The van der Waals surface area contributed by atoms with Gasteiger partial charge in [0.1, 0.15) is 17.6 Å². The molecule has 0 radical (unpaired) electrons. The van der Waals surface area contributed by atoms with Crippen molar-refractivity contribution in [2.24, 2.45) is 5.92 Å². The molecule has 308 valence electrons. The highest BCUT2D eigenvalue weighted by Crippen LogP contribution is 2.34. The Morgan fingerprint density at radius 3 is 2.36 bits per heavy atom. The number of likely N-dealkylation sites (tertiary alicyclic amines) is 1. The second-order valence-electron chi connectivity index (χ2n) is 15.6. The Balaban J connectivity index is 1.26. The molecule has 16 heteroatoms. The van der Waals surface area contributed by atoms with E-state index in [1.54, 1.807) is 64.8 Å². The molecule has 0 aliphatic carbocycles. The number of anilines is 1. The van der Waals surface area contributed by atoms with E-state index < -0.39 is 29.8 Å². The molecule has 1 aliphatic heterocycles. The molecule has 1 fully saturated rings. The van der Waals surface area contributed by atoms with E-state index in [4.69, 9.17) is 18.7 Å². The number of aliphatic hydroxyl groups is 1. The third-order valence-corrected chi connectivity index (χ3v) is 10.3. The van der Waals surface area contributed by atoms with Gasteiger partial charge in [0.15, 0.2) is 5.76 Å². The molecular weight excluding hydrogens is 741 g/mol. The average molecular weight is 799 g/mol. The number of aryl methyl sites for hydroxylation is 1. The fraction of sp³-hybridized carbons (Fsp3) is 0.600. The molecule has 15 nitrogen and oxygen atoms in total. The van der Waals surface area contributed by atoms with E-state index in [1.807, 2.05) is 45.0 Å². The van der Waals surface area contributed by atoms with Gasteiger partial charge in [0, 0.05) is 72.0 Å². The summed E-state index contributed by atoms with van der Waals surface area (Å²) < 4.78 is 22.7. The molecule has 4 rings (SSSR count). The molecule has 2 aromatic heterocycles. The first kappa shape index (κ1) is 44.2. The number of β-amino-alcohol motifs (C(OH)–C–C–N with tert-alkyl or cyclic N) is 1. The summed E-state index contributed by atoms with van der Waals surface area (Å²) in [6.07, 6.45) is 0.314. The number of ether oxygens (including phenoxy) is 3. The molecule has 3 aromatic rings. The van der Waals surface area contributed by atoms with Crippen molar-refractivity contribution in [2.45, 2.75) is 90.9 Å². The molecule has 0 bridgehead atoms. The van der Waals surface area contributed by atoms with E-state index in [9.17, 15) is 24.3 Å². The minimum absolute atomic E-state index is 0.0324. The van der Waals surface area contributed by atoms with Crippen LogP contribution in [0.15, 0.2) is 40.4 Å². The Bertz CT molecular complexity index is 1750. The van der Waals surface area contributed by atoms with Crippen LogP contribution < -0.4 is 9.64 Å². The predicted octanol–water partition coefficient (Wildman–Crippen LogP) is 5.36. The van der Waals surface area contributed by atoms with Crippen molar-refractivity contribution in [1.29, 1.82) is 0 Å². The van der Waals surface area contributed by atoms with Gasteiger partial charge in [0.2, 0.25) is 17.7 Å². The first-order chi connectivity index (χ1) is 26.5. The van der Waals surface area contributed by atoms with Crippen molar-refractivity contribution >= 4 is 40.8 Å². The largest absolute Gasteiger partial charge is 0.476 e. The lowest BCUT2D eigenvalue weighted by atomic mass is 9.91. The van der Waals surface area contributed by atoms with Gasteiger partial charge in [-0.05, 0) is 69.3 Å². The van der Waals surface area contributed by atoms with Gasteiger partial charge in [0.25, 0.3) is 5.88 Å². The SMILES string of the molecule is Cc1ncsc1-c1ccc(N(C)C(=O)[C@@H]2CC(O)CN2C(=O)C(c2cc(OCCCCOCCN(CCC(=O)N(C)C)C(=O)OC(C)(C)C)no2)C(C)C)cc1. The lowest BCUT2D eigenvalue weighted by Crippen LogP contribution is -2.48. The maximum Gasteiger partial charge on any atom is 0.410 e. The number of unbranched alkanes of at least 4 members (excludes halogenated alkanes) is 1. The van der Waals surface area contributed by atoms with Crippen molar-refractivity contribution in [1.82, 2.24) is 24.8 Å². The summed E-state index contributed by atoms with van der Waals surface area (Å²) in [5, 5.41) is 14.7. The van der Waals surface area contributed by atoms with Crippen LogP contribution in [0.25, 0.3) is 10.4 Å². The van der Waals surface area contributed by atoms with E-state index in [-0.39, 0.29) is 68.6 Å². The monoisotopic (exact) mass is 798 g/mol. The lowest BCUT2D eigenvalue weighted by molar-refractivity contribution is -0.140. The molecule has 3 heterocycles. The summed E-state index contributed by atoms with van der Waals surface area (Å²) in [5.74, 6) is -1.08. The van der Waals surface area contributed by atoms with Gasteiger partial charge in [0.05, 0.1) is 35.4 Å². The molecule has 4 amide bonds. The van der Waals surface area contributed by atoms with Crippen LogP contribution in [0.3, 0.4) is 0 Å². The maximum atomic E-state index is 14.1. The van der Waals surface area contributed by atoms with Gasteiger partial charge >= 0.3 is 6.09 Å². The lowest BCUT2D eigenvalue weighted by Gasteiger charge is -2.31. The van der Waals surface area contributed by atoms with Crippen molar-refractivity contribution in [2.75, 3.05) is 65.5 Å². The number of likely N-dealkylation sites (N-methyl/N-ethyl adjacent to an activating group) is 1. The molecule has 1 N–H and O–H groups in total. The third-order valence-electron chi connectivity index (χ3n) is 9.37. The predicted molar refractivity (Wildman–Crippen MR) is 213 cm³/mol. The van der Waals surface area contributed by atoms with Gasteiger partial charge < -0.3 is 43.4 Å². The molecule has 56 heavy (non-hydrogen) atoms. The molecule has 3 atom stereocenters. The smallest absolute Gasteiger partial charge is 0.410 e. The number of amides is 4. The summed E-state index contributed by atoms with van der Waals surface area (Å²) in [4.78, 5) is 64.0. The molecule has 2 unspecified atom stereocenters. The van der Waals surface area contributed by atoms with Crippen LogP contribution in [0.4, 0.5) is 10.5 Å². The molecule has 1 saturated heterocycles. The summed E-state index contributed by atoms with van der Waals surface area (Å²) >= 11 is 1.56. The molecule has 1 aromatic carbocycles. The van der Waals surface area contributed by atoms with Gasteiger partial charge in [-0.15, -0.1) is 11.3 Å². The number of benzene rings is 1. The van der Waals surface area contributed by atoms with Crippen molar-refractivity contribution in [3.05, 3.63) is 47.3 Å². The third kappa shape index (κ3) is 12.2. The number of nitrogens with zero attached hydrogens (tertiary/aromatic N) is 6. The average Bonchev–Trinajstić information content (AvgIpc) is 3.89. The Kier molecular flexibility index (Phi) is 15.8.